The fourth-order valence-electron chi connectivity index (χ4n) is 1.80. The predicted molar refractivity (Wildman–Crippen MR) is 66.8 cm³/mol. The molecule has 1 heterocycles. The van der Waals surface area contributed by atoms with E-state index in [0.29, 0.717) is 5.69 Å². The summed E-state index contributed by atoms with van der Waals surface area (Å²) in [7, 11) is 0. The first-order valence-electron chi connectivity index (χ1n) is 5.20. The zero-order valence-corrected chi connectivity index (χ0v) is 10.8. The van der Waals surface area contributed by atoms with Gasteiger partial charge in [-0.15, -0.1) is 17.0 Å². The summed E-state index contributed by atoms with van der Waals surface area (Å²) < 4.78 is 37.5. The number of hydrogen-bond acceptors (Lipinski definition) is 2. The minimum absolute atomic E-state index is 0. The van der Waals surface area contributed by atoms with Gasteiger partial charge in [0.1, 0.15) is 0 Å². The van der Waals surface area contributed by atoms with Crippen molar-refractivity contribution in [1.82, 2.24) is 5.32 Å². The van der Waals surface area contributed by atoms with Crippen LogP contribution in [-0.2, 0) is 6.18 Å². The van der Waals surface area contributed by atoms with E-state index in [9.17, 15) is 13.2 Å². The third-order valence-electron chi connectivity index (χ3n) is 2.66. The fraction of sp³-hybridized carbons (Fsp3) is 0.455. The van der Waals surface area contributed by atoms with Gasteiger partial charge in [-0.25, -0.2) is 0 Å². The Morgan fingerprint density at radius 2 is 1.76 bits per heavy atom. The van der Waals surface area contributed by atoms with E-state index in [1.807, 2.05) is 4.90 Å². The molecule has 0 bridgehead atoms. The summed E-state index contributed by atoms with van der Waals surface area (Å²) in [5.74, 6) is 0. The second kappa shape index (κ2) is 5.73. The van der Waals surface area contributed by atoms with Crippen molar-refractivity contribution in [2.45, 2.75) is 6.18 Å². The molecule has 17 heavy (non-hydrogen) atoms. The molecule has 0 spiro atoms. The average Bonchev–Trinajstić information content (AvgIpc) is 2.29. The van der Waals surface area contributed by atoms with Crippen LogP contribution in [0.2, 0.25) is 0 Å². The van der Waals surface area contributed by atoms with Gasteiger partial charge in [0, 0.05) is 31.9 Å². The Hall–Kier alpha value is -0.750. The molecule has 0 amide bonds. The van der Waals surface area contributed by atoms with Crippen molar-refractivity contribution in [3.63, 3.8) is 0 Å². The van der Waals surface area contributed by atoms with Crippen LogP contribution in [0.15, 0.2) is 24.3 Å². The lowest BCUT2D eigenvalue weighted by molar-refractivity contribution is -0.137. The summed E-state index contributed by atoms with van der Waals surface area (Å²) in [6, 6.07) is 5.50. The van der Waals surface area contributed by atoms with Gasteiger partial charge >= 0.3 is 6.18 Å². The molecule has 1 saturated heterocycles. The highest BCUT2D eigenvalue weighted by Crippen LogP contribution is 2.31. The molecule has 0 saturated carbocycles. The number of anilines is 1. The van der Waals surface area contributed by atoms with E-state index >= 15 is 0 Å². The molecule has 1 aliphatic rings. The molecule has 0 unspecified atom stereocenters. The third-order valence-corrected chi connectivity index (χ3v) is 2.66. The van der Waals surface area contributed by atoms with Crippen LogP contribution in [0.25, 0.3) is 0 Å². The summed E-state index contributed by atoms with van der Waals surface area (Å²) >= 11 is 0. The van der Waals surface area contributed by atoms with E-state index in [0.717, 1.165) is 32.2 Å². The van der Waals surface area contributed by atoms with E-state index in [-0.39, 0.29) is 17.0 Å². The third kappa shape index (κ3) is 3.61. The predicted octanol–water partition coefficient (Wildman–Crippen LogP) is 2.69. The lowest BCUT2D eigenvalue weighted by Crippen LogP contribution is -2.43. The molecule has 1 aromatic rings. The first-order valence-corrected chi connectivity index (χ1v) is 5.20. The van der Waals surface area contributed by atoms with Crippen LogP contribution >= 0.6 is 17.0 Å². The van der Waals surface area contributed by atoms with Gasteiger partial charge in [-0.2, -0.15) is 13.2 Å². The smallest absolute Gasteiger partial charge is 0.369 e. The topological polar surface area (TPSA) is 15.3 Å². The van der Waals surface area contributed by atoms with Gasteiger partial charge in [0.25, 0.3) is 0 Å². The normalized spacial score (nSPS) is 16.5. The van der Waals surface area contributed by atoms with Crippen LogP contribution in [0.3, 0.4) is 0 Å². The molecule has 1 fully saturated rings. The van der Waals surface area contributed by atoms with Crippen molar-refractivity contribution in [1.29, 1.82) is 0 Å². The zero-order valence-electron chi connectivity index (χ0n) is 9.13. The van der Waals surface area contributed by atoms with Gasteiger partial charge in [-0.1, -0.05) is 6.07 Å². The Bertz CT molecular complexity index is 362. The van der Waals surface area contributed by atoms with Crippen LogP contribution < -0.4 is 10.2 Å². The Morgan fingerprint density at radius 1 is 1.12 bits per heavy atom. The van der Waals surface area contributed by atoms with E-state index in [2.05, 4.69) is 5.32 Å². The molecule has 6 heteroatoms. The van der Waals surface area contributed by atoms with Gasteiger partial charge in [-0.3, -0.25) is 0 Å². The highest BCUT2D eigenvalue weighted by atomic mass is 79.9. The molecule has 1 aliphatic heterocycles. The molecule has 1 N–H and O–H groups in total. The van der Waals surface area contributed by atoms with Crippen LogP contribution in [0, 0.1) is 0 Å². The Morgan fingerprint density at radius 3 is 2.35 bits per heavy atom. The molecule has 2 rings (SSSR count). The lowest BCUT2D eigenvalue weighted by atomic mass is 10.1. The van der Waals surface area contributed by atoms with Crippen molar-refractivity contribution in [3.8, 4) is 0 Å². The number of halogens is 4. The molecule has 0 aliphatic carbocycles. The summed E-state index contributed by atoms with van der Waals surface area (Å²) in [5, 5.41) is 3.17. The fourth-order valence-corrected chi connectivity index (χ4v) is 1.80. The van der Waals surface area contributed by atoms with E-state index < -0.39 is 11.7 Å². The number of piperazine rings is 1. The summed E-state index contributed by atoms with van der Waals surface area (Å²) in [4.78, 5) is 1.96. The monoisotopic (exact) mass is 310 g/mol. The number of nitrogens with one attached hydrogen (secondary N) is 1. The summed E-state index contributed by atoms with van der Waals surface area (Å²) in [6.07, 6.45) is -4.26. The van der Waals surface area contributed by atoms with Gasteiger partial charge in [0.15, 0.2) is 0 Å². The Kier molecular flexibility index (Phi) is 4.82. The van der Waals surface area contributed by atoms with Crippen molar-refractivity contribution >= 4 is 22.7 Å². The van der Waals surface area contributed by atoms with E-state index in [4.69, 9.17) is 0 Å². The summed E-state index contributed by atoms with van der Waals surface area (Å²) in [6.45, 7) is 3.13. The van der Waals surface area contributed by atoms with Gasteiger partial charge < -0.3 is 10.2 Å². The molecule has 1 aromatic carbocycles. The molecule has 2 nitrogen and oxygen atoms in total. The van der Waals surface area contributed by atoms with Crippen LogP contribution in [0.4, 0.5) is 18.9 Å². The minimum Gasteiger partial charge on any atom is -0.369 e. The van der Waals surface area contributed by atoms with Crippen molar-refractivity contribution in [2.24, 2.45) is 0 Å². The first kappa shape index (κ1) is 14.3. The molecule has 0 radical (unpaired) electrons. The van der Waals surface area contributed by atoms with Gasteiger partial charge in [0.2, 0.25) is 0 Å². The first-order chi connectivity index (χ1) is 7.57. The van der Waals surface area contributed by atoms with Gasteiger partial charge in [-0.05, 0) is 18.2 Å². The number of nitrogens with zero attached hydrogens (tertiary/aromatic N) is 1. The van der Waals surface area contributed by atoms with E-state index in [1.54, 1.807) is 6.07 Å². The van der Waals surface area contributed by atoms with Gasteiger partial charge in [0.05, 0.1) is 5.56 Å². The Labute approximate surface area is 109 Å². The molecule has 0 atom stereocenters. The Balaban J connectivity index is 0.00000144. The molecular formula is C11H14BrF3N2. The minimum atomic E-state index is -4.26. The maximum atomic E-state index is 12.5. The molecular weight excluding hydrogens is 297 g/mol. The number of hydrogen-bond donors (Lipinski definition) is 1. The second-order valence-electron chi connectivity index (χ2n) is 3.79. The van der Waals surface area contributed by atoms with Crippen LogP contribution in [-0.4, -0.2) is 26.2 Å². The zero-order chi connectivity index (χ0) is 11.6. The standard InChI is InChI=1S/C11H13F3N2.BrH/c12-11(13,14)9-2-1-3-10(8-9)16-6-4-15-5-7-16;/h1-3,8,15H,4-7H2;1H. The number of benzene rings is 1. The van der Waals surface area contributed by atoms with Crippen LogP contribution in [0.1, 0.15) is 5.56 Å². The highest BCUT2D eigenvalue weighted by molar-refractivity contribution is 8.93. The van der Waals surface area contributed by atoms with Crippen LogP contribution in [0.5, 0.6) is 0 Å². The quantitative estimate of drug-likeness (QED) is 0.858. The van der Waals surface area contributed by atoms with Crippen molar-refractivity contribution in [2.75, 3.05) is 31.1 Å². The number of rotatable bonds is 1. The molecule has 96 valence electrons. The highest BCUT2D eigenvalue weighted by Gasteiger charge is 2.30. The van der Waals surface area contributed by atoms with Crippen molar-refractivity contribution in [3.05, 3.63) is 29.8 Å². The largest absolute Gasteiger partial charge is 0.416 e. The maximum absolute atomic E-state index is 12.5. The van der Waals surface area contributed by atoms with E-state index in [1.165, 1.54) is 12.1 Å². The average molecular weight is 311 g/mol. The second-order valence-corrected chi connectivity index (χ2v) is 3.79. The van der Waals surface area contributed by atoms with Crippen molar-refractivity contribution < 1.29 is 13.2 Å². The lowest BCUT2D eigenvalue weighted by Gasteiger charge is -2.29. The molecule has 0 aromatic heterocycles. The maximum Gasteiger partial charge on any atom is 0.416 e. The SMILES string of the molecule is Br.FC(F)(F)c1cccc(N2CCNCC2)c1. The number of alkyl halides is 3. The summed E-state index contributed by atoms with van der Waals surface area (Å²) in [5.41, 5.74) is 0.0693.